The summed E-state index contributed by atoms with van der Waals surface area (Å²) in [5.74, 6) is -1.55. The van der Waals surface area contributed by atoms with E-state index < -0.39 is 17.8 Å². The molecule has 2 aromatic heterocycles. The van der Waals surface area contributed by atoms with Gasteiger partial charge in [0.2, 0.25) is 0 Å². The summed E-state index contributed by atoms with van der Waals surface area (Å²) in [4.78, 5) is 41.7. The summed E-state index contributed by atoms with van der Waals surface area (Å²) < 4.78 is 0. The fraction of sp³-hybridized carbons (Fsp3) is 0.231. The minimum Gasteiger partial charge on any atom is -0.263 e. The zero-order chi connectivity index (χ0) is 15.0. The molecule has 0 atom stereocenters. The minimum absolute atomic E-state index is 0.0283. The van der Waals surface area contributed by atoms with Gasteiger partial charge in [-0.05, 0) is 18.4 Å². The molecule has 108 valence electrons. The molecule has 0 N–H and O–H groups in total. The number of thiazole rings is 1. The molecule has 4 amide bonds. The molecular formula is C13H11N3O3S2. The number of rotatable bonds is 4. The third kappa shape index (κ3) is 2.36. The highest BCUT2D eigenvalue weighted by Crippen LogP contribution is 2.26. The molecule has 1 aliphatic heterocycles. The van der Waals surface area contributed by atoms with Crippen molar-refractivity contribution < 1.29 is 14.4 Å². The Kier molecular flexibility index (Phi) is 3.56. The summed E-state index contributed by atoms with van der Waals surface area (Å²) in [5, 5.41) is 6.58. The third-order valence-electron chi connectivity index (χ3n) is 3.09. The van der Waals surface area contributed by atoms with Crippen molar-refractivity contribution in [1.29, 1.82) is 0 Å². The Balaban J connectivity index is 1.80. The van der Waals surface area contributed by atoms with Gasteiger partial charge in [0.15, 0.2) is 0 Å². The first-order valence-corrected chi connectivity index (χ1v) is 8.08. The highest BCUT2D eigenvalue weighted by atomic mass is 32.1. The van der Waals surface area contributed by atoms with Crippen molar-refractivity contribution in [3.8, 4) is 10.6 Å². The van der Waals surface area contributed by atoms with E-state index in [1.54, 1.807) is 23.6 Å². The van der Waals surface area contributed by atoms with Gasteiger partial charge >= 0.3 is 17.8 Å². The first-order valence-electron chi connectivity index (χ1n) is 6.26. The van der Waals surface area contributed by atoms with Crippen LogP contribution in [-0.2, 0) is 16.1 Å². The smallest absolute Gasteiger partial charge is 0.263 e. The molecule has 3 heterocycles. The molecule has 0 saturated carbocycles. The summed E-state index contributed by atoms with van der Waals surface area (Å²) in [6.07, 6.45) is 0. The van der Waals surface area contributed by atoms with E-state index in [9.17, 15) is 14.4 Å². The molecule has 0 unspecified atom stereocenters. The number of carbonyl (C=O) groups excluding carboxylic acids is 3. The topological polar surface area (TPSA) is 70.6 Å². The number of aromatic nitrogens is 1. The number of amides is 4. The summed E-state index contributed by atoms with van der Waals surface area (Å²) in [6.45, 7) is 1.88. The van der Waals surface area contributed by atoms with Crippen LogP contribution in [0.2, 0.25) is 0 Å². The van der Waals surface area contributed by atoms with E-state index in [-0.39, 0.29) is 13.1 Å². The van der Waals surface area contributed by atoms with Crippen molar-refractivity contribution in [3.63, 3.8) is 0 Å². The molecule has 3 rings (SSSR count). The van der Waals surface area contributed by atoms with E-state index in [1.165, 1.54) is 11.3 Å². The van der Waals surface area contributed by atoms with Crippen molar-refractivity contribution in [3.05, 3.63) is 27.9 Å². The highest BCUT2D eigenvalue weighted by molar-refractivity contribution is 7.14. The van der Waals surface area contributed by atoms with Crippen LogP contribution >= 0.6 is 22.7 Å². The Hall–Kier alpha value is -2.06. The average Bonchev–Trinajstić information content (AvgIpc) is 3.18. The zero-order valence-electron chi connectivity index (χ0n) is 11.1. The van der Waals surface area contributed by atoms with Crippen molar-refractivity contribution >= 4 is 40.5 Å². The average molecular weight is 321 g/mol. The predicted molar refractivity (Wildman–Crippen MR) is 78.8 cm³/mol. The molecule has 0 aromatic carbocycles. The van der Waals surface area contributed by atoms with Gasteiger partial charge in [-0.3, -0.25) is 14.5 Å². The zero-order valence-corrected chi connectivity index (χ0v) is 12.7. The van der Waals surface area contributed by atoms with Gasteiger partial charge in [0.05, 0.1) is 12.2 Å². The van der Waals surface area contributed by atoms with Crippen LogP contribution in [0, 0.1) is 0 Å². The molecule has 0 spiro atoms. The molecule has 1 saturated heterocycles. The maximum atomic E-state index is 12.0. The normalized spacial score (nSPS) is 15.4. The maximum absolute atomic E-state index is 12.0. The van der Waals surface area contributed by atoms with Gasteiger partial charge in [0.1, 0.15) is 5.01 Å². The van der Waals surface area contributed by atoms with Crippen LogP contribution in [0.1, 0.15) is 12.6 Å². The Morgan fingerprint density at radius 3 is 2.52 bits per heavy atom. The number of hydrogen-bond acceptors (Lipinski definition) is 6. The molecule has 0 radical (unpaired) electrons. The lowest BCUT2D eigenvalue weighted by molar-refractivity contribution is -0.143. The van der Waals surface area contributed by atoms with Gasteiger partial charge in [-0.1, -0.05) is 0 Å². The quantitative estimate of drug-likeness (QED) is 0.639. The second-order valence-electron chi connectivity index (χ2n) is 4.38. The van der Waals surface area contributed by atoms with Gasteiger partial charge in [-0.15, -0.1) is 11.3 Å². The summed E-state index contributed by atoms with van der Waals surface area (Å²) in [7, 11) is 0. The lowest BCUT2D eigenvalue weighted by Crippen LogP contribution is -2.32. The van der Waals surface area contributed by atoms with Crippen LogP contribution in [0.3, 0.4) is 0 Å². The fourth-order valence-electron chi connectivity index (χ4n) is 2.03. The number of hydrogen-bond donors (Lipinski definition) is 0. The molecule has 0 aliphatic carbocycles. The SMILES string of the molecule is CCN1C(=O)C(=O)N(Cc2csc(-c3ccsc3)n2)C1=O. The minimum atomic E-state index is -0.785. The largest absolute Gasteiger partial charge is 0.334 e. The maximum Gasteiger partial charge on any atom is 0.334 e. The molecule has 6 nitrogen and oxygen atoms in total. The third-order valence-corrected chi connectivity index (χ3v) is 4.71. The number of carbonyl (C=O) groups is 3. The van der Waals surface area contributed by atoms with Gasteiger partial charge in [-0.25, -0.2) is 14.7 Å². The van der Waals surface area contributed by atoms with E-state index in [0.29, 0.717) is 5.69 Å². The van der Waals surface area contributed by atoms with Gasteiger partial charge in [-0.2, -0.15) is 11.3 Å². The Bertz CT molecular complexity index is 708. The molecule has 2 aromatic rings. The summed E-state index contributed by atoms with van der Waals surface area (Å²) in [6, 6.07) is 1.39. The molecule has 1 aliphatic rings. The van der Waals surface area contributed by atoms with Crippen molar-refractivity contribution in [2.45, 2.75) is 13.5 Å². The van der Waals surface area contributed by atoms with Crippen molar-refractivity contribution in [2.75, 3.05) is 6.54 Å². The molecule has 8 heteroatoms. The number of nitrogens with zero attached hydrogens (tertiary/aromatic N) is 3. The monoisotopic (exact) mass is 321 g/mol. The van der Waals surface area contributed by atoms with Gasteiger partial charge in [0.25, 0.3) is 0 Å². The van der Waals surface area contributed by atoms with E-state index in [2.05, 4.69) is 4.98 Å². The Morgan fingerprint density at radius 2 is 1.90 bits per heavy atom. The first kappa shape index (κ1) is 13.9. The van der Waals surface area contributed by atoms with Crippen LogP contribution < -0.4 is 0 Å². The number of urea groups is 1. The summed E-state index contributed by atoms with van der Waals surface area (Å²) >= 11 is 3.03. The van der Waals surface area contributed by atoms with E-state index in [4.69, 9.17) is 0 Å². The molecule has 1 fully saturated rings. The predicted octanol–water partition coefficient (Wildman–Crippen LogP) is 2.18. The van der Waals surface area contributed by atoms with Crippen LogP contribution in [0.5, 0.6) is 0 Å². The van der Waals surface area contributed by atoms with Crippen LogP contribution in [0.25, 0.3) is 10.6 Å². The fourth-order valence-corrected chi connectivity index (χ4v) is 3.55. The second kappa shape index (κ2) is 5.38. The van der Waals surface area contributed by atoms with Crippen LogP contribution in [0.4, 0.5) is 4.79 Å². The number of thiophene rings is 1. The standard InChI is InChI=1S/C13H11N3O3S2/c1-2-15-11(17)12(18)16(13(15)19)5-9-7-21-10(14-9)8-3-4-20-6-8/h3-4,6-7H,2,5H2,1H3. The number of likely N-dealkylation sites (N-methyl/N-ethyl adjacent to an activating group) is 1. The van der Waals surface area contributed by atoms with E-state index in [0.717, 1.165) is 20.4 Å². The molecular weight excluding hydrogens is 310 g/mol. The lowest BCUT2D eigenvalue weighted by Gasteiger charge is -2.12. The summed E-state index contributed by atoms with van der Waals surface area (Å²) in [5.41, 5.74) is 1.62. The Labute approximate surface area is 128 Å². The van der Waals surface area contributed by atoms with Crippen LogP contribution in [-0.4, -0.2) is 39.2 Å². The second-order valence-corrected chi connectivity index (χ2v) is 6.02. The highest BCUT2D eigenvalue weighted by Gasteiger charge is 2.43. The van der Waals surface area contributed by atoms with Crippen molar-refractivity contribution in [1.82, 2.24) is 14.8 Å². The van der Waals surface area contributed by atoms with Gasteiger partial charge in [0, 0.05) is 22.9 Å². The Morgan fingerprint density at radius 1 is 1.14 bits per heavy atom. The molecule has 0 bridgehead atoms. The molecule has 21 heavy (non-hydrogen) atoms. The number of imide groups is 2. The van der Waals surface area contributed by atoms with Crippen LogP contribution in [0.15, 0.2) is 22.2 Å². The van der Waals surface area contributed by atoms with Gasteiger partial charge < -0.3 is 0 Å². The van der Waals surface area contributed by atoms with E-state index >= 15 is 0 Å². The lowest BCUT2D eigenvalue weighted by atomic mass is 10.3. The first-order chi connectivity index (χ1) is 10.1. The van der Waals surface area contributed by atoms with Crippen molar-refractivity contribution in [2.24, 2.45) is 0 Å². The van der Waals surface area contributed by atoms with E-state index in [1.807, 2.05) is 16.8 Å².